The minimum atomic E-state index is 0.424. The third-order valence-electron chi connectivity index (χ3n) is 1.84. The summed E-state index contributed by atoms with van der Waals surface area (Å²) >= 11 is 0. The Labute approximate surface area is 94.0 Å². The zero-order valence-electron chi connectivity index (χ0n) is 9.27. The topological polar surface area (TPSA) is 97.7 Å². The van der Waals surface area contributed by atoms with Gasteiger partial charge < -0.3 is 14.6 Å². The molecule has 0 radical (unpaired) electrons. The Bertz CT molecular complexity index is 299. The molecule has 1 aromatic rings. The number of hydrogen-bond acceptors (Lipinski definition) is 5. The number of hydrogen-bond donors (Lipinski definition) is 3. The van der Waals surface area contributed by atoms with Gasteiger partial charge in [0.15, 0.2) is 0 Å². The Hall–Kier alpha value is -1.60. The fourth-order valence-electron chi connectivity index (χ4n) is 1.06. The second-order valence-electron chi connectivity index (χ2n) is 3.07. The van der Waals surface area contributed by atoms with E-state index < -0.39 is 0 Å². The molecule has 90 valence electrons. The number of rotatable bonds is 6. The second kappa shape index (κ2) is 7.66. The lowest BCUT2D eigenvalue weighted by Crippen LogP contribution is -2.42. The molecule has 0 unspecified atom stereocenters. The van der Waals surface area contributed by atoms with Crippen LogP contribution in [0.2, 0.25) is 0 Å². The number of guanidine groups is 1. The van der Waals surface area contributed by atoms with Crippen LogP contribution in [-0.4, -0.2) is 31.4 Å². The van der Waals surface area contributed by atoms with E-state index in [1.54, 1.807) is 13.2 Å². The summed E-state index contributed by atoms with van der Waals surface area (Å²) in [7, 11) is 1.67. The third-order valence-corrected chi connectivity index (χ3v) is 1.84. The summed E-state index contributed by atoms with van der Waals surface area (Å²) in [6.07, 6.45) is 2.40. The maximum absolute atomic E-state index is 5.31. The highest BCUT2D eigenvalue weighted by Gasteiger charge is 1.97. The van der Waals surface area contributed by atoms with E-state index in [1.165, 1.54) is 6.26 Å². The van der Waals surface area contributed by atoms with Crippen LogP contribution >= 0.6 is 0 Å². The van der Waals surface area contributed by atoms with Gasteiger partial charge in [-0.25, -0.2) is 10.8 Å². The van der Waals surface area contributed by atoms with Crippen molar-refractivity contribution in [1.29, 1.82) is 0 Å². The standard InChI is InChI=1S/C9H17N5O2/c1-15-5-2-4-11-9(13-10)12-7-8-3-6-16-14-8/h3,6H,2,4-5,7,10H2,1H3,(H2,11,12,13). The quantitative estimate of drug-likeness (QED) is 0.201. The third kappa shape index (κ3) is 4.76. The first-order valence-electron chi connectivity index (χ1n) is 5.00. The number of nitrogens with two attached hydrogens (primary N) is 1. The molecular formula is C9H17N5O2. The fraction of sp³-hybridized carbons (Fsp3) is 0.556. The molecule has 7 nitrogen and oxygen atoms in total. The molecule has 16 heavy (non-hydrogen) atoms. The predicted octanol–water partition coefficient (Wildman–Crippen LogP) is -0.380. The lowest BCUT2D eigenvalue weighted by Gasteiger charge is -2.07. The Kier molecular flexibility index (Phi) is 5.97. The van der Waals surface area contributed by atoms with Gasteiger partial charge in [-0.15, -0.1) is 0 Å². The number of ether oxygens (including phenoxy) is 1. The largest absolute Gasteiger partial charge is 0.385 e. The van der Waals surface area contributed by atoms with Crippen LogP contribution in [0.3, 0.4) is 0 Å². The maximum atomic E-state index is 5.31. The van der Waals surface area contributed by atoms with E-state index in [-0.39, 0.29) is 0 Å². The first-order valence-corrected chi connectivity index (χ1v) is 5.00. The highest BCUT2D eigenvalue weighted by molar-refractivity contribution is 5.79. The summed E-state index contributed by atoms with van der Waals surface area (Å²) in [5.74, 6) is 5.84. The van der Waals surface area contributed by atoms with Gasteiger partial charge in [-0.3, -0.25) is 5.43 Å². The van der Waals surface area contributed by atoms with Crippen molar-refractivity contribution in [3.05, 3.63) is 18.0 Å². The molecule has 0 fully saturated rings. The summed E-state index contributed by atoms with van der Waals surface area (Å²) in [4.78, 5) is 4.19. The van der Waals surface area contributed by atoms with Gasteiger partial charge in [0.25, 0.3) is 0 Å². The summed E-state index contributed by atoms with van der Waals surface area (Å²) in [6, 6.07) is 1.75. The number of methoxy groups -OCH3 is 1. The van der Waals surface area contributed by atoms with E-state index in [0.29, 0.717) is 19.1 Å². The molecule has 1 aromatic heterocycles. The Balaban J connectivity index is 2.27. The first kappa shape index (κ1) is 12.5. The van der Waals surface area contributed by atoms with Gasteiger partial charge >= 0.3 is 0 Å². The molecule has 0 saturated carbocycles. The Morgan fingerprint density at radius 3 is 3.19 bits per heavy atom. The van der Waals surface area contributed by atoms with Crippen LogP contribution in [0.4, 0.5) is 0 Å². The van der Waals surface area contributed by atoms with Crippen LogP contribution in [0.15, 0.2) is 21.8 Å². The molecule has 0 saturated heterocycles. The SMILES string of the molecule is COCCCNC(=NCc1ccon1)NN. The van der Waals surface area contributed by atoms with Crippen molar-refractivity contribution in [2.45, 2.75) is 13.0 Å². The van der Waals surface area contributed by atoms with Crippen LogP contribution < -0.4 is 16.6 Å². The molecular weight excluding hydrogens is 210 g/mol. The summed E-state index contributed by atoms with van der Waals surface area (Å²) < 4.78 is 9.61. The summed E-state index contributed by atoms with van der Waals surface area (Å²) in [6.45, 7) is 1.87. The normalized spacial score (nSPS) is 11.5. The molecule has 0 aliphatic heterocycles. The molecule has 0 amide bonds. The van der Waals surface area contributed by atoms with Crippen molar-refractivity contribution in [3.8, 4) is 0 Å². The Morgan fingerprint density at radius 1 is 1.69 bits per heavy atom. The predicted molar refractivity (Wildman–Crippen MR) is 59.5 cm³/mol. The number of nitrogens with zero attached hydrogens (tertiary/aromatic N) is 2. The van der Waals surface area contributed by atoms with Gasteiger partial charge in [0.1, 0.15) is 12.0 Å². The van der Waals surface area contributed by atoms with Crippen molar-refractivity contribution in [3.63, 3.8) is 0 Å². The van der Waals surface area contributed by atoms with E-state index >= 15 is 0 Å². The molecule has 1 rings (SSSR count). The number of aromatic nitrogens is 1. The summed E-state index contributed by atoms with van der Waals surface area (Å²) in [5, 5.41) is 6.78. The number of hydrazine groups is 1. The molecule has 1 heterocycles. The average molecular weight is 227 g/mol. The van der Waals surface area contributed by atoms with Gasteiger partial charge in [-0.2, -0.15) is 0 Å². The van der Waals surface area contributed by atoms with Crippen molar-refractivity contribution in [2.75, 3.05) is 20.3 Å². The molecule has 0 bridgehead atoms. The van der Waals surface area contributed by atoms with Crippen molar-refractivity contribution < 1.29 is 9.26 Å². The van der Waals surface area contributed by atoms with Crippen LogP contribution in [-0.2, 0) is 11.3 Å². The van der Waals surface area contributed by atoms with E-state index in [9.17, 15) is 0 Å². The molecule has 0 aromatic carbocycles. The van der Waals surface area contributed by atoms with E-state index in [2.05, 4.69) is 25.4 Å². The zero-order chi connectivity index (χ0) is 11.6. The maximum Gasteiger partial charge on any atom is 0.206 e. The summed E-state index contributed by atoms with van der Waals surface area (Å²) in [5.41, 5.74) is 3.24. The van der Waals surface area contributed by atoms with Gasteiger partial charge in [0, 0.05) is 26.3 Å². The van der Waals surface area contributed by atoms with E-state index in [1.807, 2.05) is 0 Å². The highest BCUT2D eigenvalue weighted by Crippen LogP contribution is 1.95. The molecule has 4 N–H and O–H groups in total. The van der Waals surface area contributed by atoms with Crippen LogP contribution in [0.1, 0.15) is 12.1 Å². The van der Waals surface area contributed by atoms with Gasteiger partial charge in [-0.05, 0) is 6.42 Å². The molecule has 0 aliphatic carbocycles. The number of aliphatic imine (C=N–C) groups is 1. The Morgan fingerprint density at radius 2 is 2.56 bits per heavy atom. The van der Waals surface area contributed by atoms with Crippen LogP contribution in [0.5, 0.6) is 0 Å². The first-order chi connectivity index (χ1) is 7.86. The lowest BCUT2D eigenvalue weighted by molar-refractivity contribution is 0.195. The number of nitrogens with one attached hydrogen (secondary N) is 2. The van der Waals surface area contributed by atoms with E-state index in [0.717, 1.165) is 18.7 Å². The average Bonchev–Trinajstić information content (AvgIpc) is 2.81. The van der Waals surface area contributed by atoms with Gasteiger partial charge in [0.2, 0.25) is 5.96 Å². The van der Waals surface area contributed by atoms with Crippen molar-refractivity contribution in [2.24, 2.45) is 10.8 Å². The second-order valence-corrected chi connectivity index (χ2v) is 3.07. The monoisotopic (exact) mass is 227 g/mol. The molecule has 0 aliphatic rings. The molecule has 0 atom stereocenters. The zero-order valence-corrected chi connectivity index (χ0v) is 9.27. The van der Waals surface area contributed by atoms with Crippen LogP contribution in [0.25, 0.3) is 0 Å². The minimum absolute atomic E-state index is 0.424. The fourth-order valence-corrected chi connectivity index (χ4v) is 1.06. The highest BCUT2D eigenvalue weighted by atomic mass is 16.5. The van der Waals surface area contributed by atoms with Gasteiger partial charge in [-0.1, -0.05) is 5.16 Å². The van der Waals surface area contributed by atoms with Crippen molar-refractivity contribution in [1.82, 2.24) is 15.9 Å². The van der Waals surface area contributed by atoms with E-state index in [4.69, 9.17) is 10.6 Å². The van der Waals surface area contributed by atoms with Crippen molar-refractivity contribution >= 4 is 5.96 Å². The van der Waals surface area contributed by atoms with Crippen LogP contribution in [0, 0.1) is 0 Å². The molecule has 0 spiro atoms. The van der Waals surface area contributed by atoms with Gasteiger partial charge in [0.05, 0.1) is 6.54 Å². The lowest BCUT2D eigenvalue weighted by atomic mass is 10.4. The smallest absolute Gasteiger partial charge is 0.206 e. The minimum Gasteiger partial charge on any atom is -0.385 e. The molecule has 7 heteroatoms.